The predicted molar refractivity (Wildman–Crippen MR) is 99.0 cm³/mol. The fourth-order valence-corrected chi connectivity index (χ4v) is 3.82. The zero-order valence-corrected chi connectivity index (χ0v) is 14.7. The quantitative estimate of drug-likeness (QED) is 0.788. The molecule has 1 atom stereocenters. The van der Waals surface area contributed by atoms with E-state index in [4.69, 9.17) is 9.72 Å². The molecule has 0 radical (unpaired) electrons. The van der Waals surface area contributed by atoms with Gasteiger partial charge in [-0.25, -0.2) is 4.98 Å². The highest BCUT2D eigenvalue weighted by Crippen LogP contribution is 2.31. The van der Waals surface area contributed by atoms with E-state index >= 15 is 0 Å². The molecule has 3 heterocycles. The third kappa shape index (κ3) is 2.54. The standard InChI is InChI=1S/C20H22N4O/c1-3-15-13(2)16(11-21)20-23-17-8-4-5-9-18(17)24(20)19(15)22-12-14-7-6-10-25-14/h4-5,8-9,14,22H,3,6-7,10,12H2,1-2H3/t14-/m0/s1. The summed E-state index contributed by atoms with van der Waals surface area (Å²) in [6.45, 7) is 5.78. The Morgan fingerprint density at radius 1 is 1.40 bits per heavy atom. The summed E-state index contributed by atoms with van der Waals surface area (Å²) in [6.07, 6.45) is 3.34. The molecule has 0 spiro atoms. The van der Waals surface area contributed by atoms with Gasteiger partial charge in [-0.3, -0.25) is 4.40 Å². The molecule has 1 aromatic carbocycles. The van der Waals surface area contributed by atoms with E-state index in [0.717, 1.165) is 60.5 Å². The monoisotopic (exact) mass is 334 g/mol. The maximum absolute atomic E-state index is 9.71. The Hall–Kier alpha value is -2.58. The fourth-order valence-electron chi connectivity index (χ4n) is 3.82. The summed E-state index contributed by atoms with van der Waals surface area (Å²) < 4.78 is 7.87. The fraction of sp³-hybridized carbons (Fsp3) is 0.400. The Balaban J connectivity index is 1.95. The van der Waals surface area contributed by atoms with Crippen LogP contribution in [0.1, 0.15) is 36.5 Å². The van der Waals surface area contributed by atoms with Crippen LogP contribution in [0.5, 0.6) is 0 Å². The number of nitrogens with one attached hydrogen (secondary N) is 1. The summed E-state index contributed by atoms with van der Waals surface area (Å²) in [5.41, 5.74) is 5.52. The van der Waals surface area contributed by atoms with Crippen LogP contribution in [0.15, 0.2) is 24.3 Å². The first-order chi connectivity index (χ1) is 12.2. The lowest BCUT2D eigenvalue weighted by Gasteiger charge is -2.19. The van der Waals surface area contributed by atoms with Gasteiger partial charge in [0, 0.05) is 13.2 Å². The van der Waals surface area contributed by atoms with Gasteiger partial charge in [0.1, 0.15) is 11.9 Å². The van der Waals surface area contributed by atoms with Crippen LogP contribution < -0.4 is 5.32 Å². The molecule has 25 heavy (non-hydrogen) atoms. The van der Waals surface area contributed by atoms with E-state index in [9.17, 15) is 5.26 Å². The van der Waals surface area contributed by atoms with Gasteiger partial charge in [-0.05, 0) is 49.4 Å². The van der Waals surface area contributed by atoms with Crippen molar-refractivity contribution in [2.45, 2.75) is 39.2 Å². The highest BCUT2D eigenvalue weighted by Gasteiger charge is 2.21. The molecule has 1 fully saturated rings. The van der Waals surface area contributed by atoms with Gasteiger partial charge in [-0.1, -0.05) is 19.1 Å². The minimum absolute atomic E-state index is 0.255. The molecule has 3 aromatic rings. The molecule has 5 nitrogen and oxygen atoms in total. The minimum atomic E-state index is 0.255. The van der Waals surface area contributed by atoms with Crippen LogP contribution in [-0.4, -0.2) is 28.6 Å². The van der Waals surface area contributed by atoms with Gasteiger partial charge in [0.15, 0.2) is 5.65 Å². The van der Waals surface area contributed by atoms with Crippen molar-refractivity contribution in [3.8, 4) is 6.07 Å². The first-order valence-corrected chi connectivity index (χ1v) is 8.92. The first-order valence-electron chi connectivity index (χ1n) is 8.92. The number of fused-ring (bicyclic) bond motifs is 3. The van der Waals surface area contributed by atoms with E-state index in [1.54, 1.807) is 0 Å². The molecule has 2 aromatic heterocycles. The summed E-state index contributed by atoms with van der Waals surface area (Å²) in [6, 6.07) is 10.4. The summed E-state index contributed by atoms with van der Waals surface area (Å²) >= 11 is 0. The minimum Gasteiger partial charge on any atom is -0.376 e. The van der Waals surface area contributed by atoms with Gasteiger partial charge in [0.05, 0.1) is 22.7 Å². The molecule has 128 valence electrons. The van der Waals surface area contributed by atoms with E-state index in [0.29, 0.717) is 5.56 Å². The van der Waals surface area contributed by atoms with Gasteiger partial charge >= 0.3 is 0 Å². The Labute approximate surface area is 147 Å². The molecule has 0 saturated carbocycles. The van der Waals surface area contributed by atoms with Crippen molar-refractivity contribution < 1.29 is 4.74 Å². The number of aromatic nitrogens is 2. The van der Waals surface area contributed by atoms with Crippen LogP contribution in [0.2, 0.25) is 0 Å². The molecule has 1 aliphatic rings. The van der Waals surface area contributed by atoms with Crippen molar-refractivity contribution in [1.29, 1.82) is 5.26 Å². The van der Waals surface area contributed by atoms with Crippen molar-refractivity contribution in [3.63, 3.8) is 0 Å². The van der Waals surface area contributed by atoms with Crippen LogP contribution in [0, 0.1) is 18.3 Å². The number of ether oxygens (including phenoxy) is 1. The topological polar surface area (TPSA) is 62.4 Å². The lowest BCUT2D eigenvalue weighted by atomic mass is 10.0. The Morgan fingerprint density at radius 2 is 2.24 bits per heavy atom. The van der Waals surface area contributed by atoms with E-state index < -0.39 is 0 Å². The van der Waals surface area contributed by atoms with Crippen molar-refractivity contribution in [1.82, 2.24) is 9.38 Å². The lowest BCUT2D eigenvalue weighted by molar-refractivity contribution is 0.120. The number of nitrogens with zero attached hydrogens (tertiary/aromatic N) is 3. The number of benzene rings is 1. The molecule has 5 heteroatoms. The number of pyridine rings is 1. The summed E-state index contributed by atoms with van der Waals surface area (Å²) in [4.78, 5) is 4.73. The highest BCUT2D eigenvalue weighted by molar-refractivity contribution is 5.86. The van der Waals surface area contributed by atoms with Crippen molar-refractivity contribution in [2.24, 2.45) is 0 Å². The first kappa shape index (κ1) is 15.9. The predicted octanol–water partition coefficient (Wildman–Crippen LogP) is 3.82. The Kier molecular flexibility index (Phi) is 4.06. The zero-order valence-electron chi connectivity index (χ0n) is 14.7. The van der Waals surface area contributed by atoms with Crippen LogP contribution >= 0.6 is 0 Å². The molecular formula is C20H22N4O. The third-order valence-corrected chi connectivity index (χ3v) is 5.11. The molecule has 1 saturated heterocycles. The lowest BCUT2D eigenvalue weighted by Crippen LogP contribution is -2.21. The van der Waals surface area contributed by atoms with Crippen LogP contribution in [0.3, 0.4) is 0 Å². The molecule has 4 rings (SSSR count). The van der Waals surface area contributed by atoms with Crippen LogP contribution in [0.25, 0.3) is 16.7 Å². The molecule has 0 bridgehead atoms. The maximum atomic E-state index is 9.71. The van der Waals surface area contributed by atoms with E-state index in [1.165, 1.54) is 5.56 Å². The van der Waals surface area contributed by atoms with Gasteiger partial charge in [0.2, 0.25) is 0 Å². The van der Waals surface area contributed by atoms with E-state index in [2.05, 4.69) is 28.8 Å². The van der Waals surface area contributed by atoms with E-state index in [1.807, 2.05) is 25.1 Å². The number of anilines is 1. The average Bonchev–Trinajstić information content (AvgIpc) is 3.27. The molecular weight excluding hydrogens is 312 g/mol. The molecule has 1 aliphatic heterocycles. The second-order valence-electron chi connectivity index (χ2n) is 6.57. The molecule has 0 aliphatic carbocycles. The van der Waals surface area contributed by atoms with Gasteiger partial charge in [-0.2, -0.15) is 5.26 Å². The van der Waals surface area contributed by atoms with Crippen molar-refractivity contribution >= 4 is 22.5 Å². The summed E-state index contributed by atoms with van der Waals surface area (Å²) in [5.74, 6) is 1.04. The second kappa shape index (κ2) is 6.38. The summed E-state index contributed by atoms with van der Waals surface area (Å²) in [7, 11) is 0. The zero-order chi connectivity index (χ0) is 17.4. The van der Waals surface area contributed by atoms with Crippen molar-refractivity contribution in [3.05, 3.63) is 41.0 Å². The molecule has 1 N–H and O–H groups in total. The highest BCUT2D eigenvalue weighted by atomic mass is 16.5. The molecule has 0 unspecified atom stereocenters. The average molecular weight is 334 g/mol. The summed E-state index contributed by atoms with van der Waals surface area (Å²) in [5, 5.41) is 13.3. The van der Waals surface area contributed by atoms with E-state index in [-0.39, 0.29) is 6.10 Å². The van der Waals surface area contributed by atoms with Crippen molar-refractivity contribution in [2.75, 3.05) is 18.5 Å². The third-order valence-electron chi connectivity index (χ3n) is 5.11. The van der Waals surface area contributed by atoms with Crippen LogP contribution in [-0.2, 0) is 11.2 Å². The second-order valence-corrected chi connectivity index (χ2v) is 6.57. The van der Waals surface area contributed by atoms with Gasteiger partial charge < -0.3 is 10.1 Å². The number of para-hydroxylation sites is 2. The van der Waals surface area contributed by atoms with Gasteiger partial charge in [0.25, 0.3) is 0 Å². The maximum Gasteiger partial charge on any atom is 0.157 e. The number of nitriles is 1. The number of rotatable bonds is 4. The van der Waals surface area contributed by atoms with Crippen LogP contribution in [0.4, 0.5) is 5.82 Å². The Bertz CT molecular complexity index is 977. The normalized spacial score (nSPS) is 17.2. The smallest absolute Gasteiger partial charge is 0.157 e. The molecule has 0 amide bonds. The number of hydrogen-bond acceptors (Lipinski definition) is 4. The Morgan fingerprint density at radius 3 is 2.96 bits per heavy atom. The van der Waals surface area contributed by atoms with Gasteiger partial charge in [-0.15, -0.1) is 0 Å². The number of imidazole rings is 1. The largest absolute Gasteiger partial charge is 0.376 e. The SMILES string of the molecule is CCc1c(C)c(C#N)c2nc3ccccc3n2c1NC[C@@H]1CCCO1. The number of hydrogen-bond donors (Lipinski definition) is 1.